The van der Waals surface area contributed by atoms with Crippen LogP contribution in [0, 0.1) is 5.92 Å². The molecule has 0 spiro atoms. The molecule has 0 saturated carbocycles. The molecule has 0 fully saturated rings. The normalized spacial score (nSPS) is 15.1. The van der Waals surface area contributed by atoms with Crippen LogP contribution in [0.1, 0.15) is 34.1 Å². The van der Waals surface area contributed by atoms with E-state index in [2.05, 4.69) is 32.8 Å². The summed E-state index contributed by atoms with van der Waals surface area (Å²) < 4.78 is 0. The lowest BCUT2D eigenvalue weighted by atomic mass is 9.98. The van der Waals surface area contributed by atoms with Crippen LogP contribution < -0.4 is 0 Å². The molecule has 3 heteroatoms. The molecule has 0 heterocycles. The third kappa shape index (κ3) is 4.65. The first-order chi connectivity index (χ1) is 6.93. The van der Waals surface area contributed by atoms with Gasteiger partial charge in [-0.3, -0.25) is 4.79 Å². The maximum Gasteiger partial charge on any atom is 0.222 e. The Balaban J connectivity index is 4.16. The second-order valence-corrected chi connectivity index (χ2v) is 4.45. The average molecular weight is 214 g/mol. The SMILES string of the molecule is CCN(CC)C(=O)CC(C)C(C)N(C)C. The molecule has 0 N–H and O–H groups in total. The molecular formula is C12H26N2O. The summed E-state index contributed by atoms with van der Waals surface area (Å²) in [6, 6.07) is 0.449. The van der Waals surface area contributed by atoms with Gasteiger partial charge in [0.25, 0.3) is 0 Å². The molecule has 0 aliphatic heterocycles. The summed E-state index contributed by atoms with van der Waals surface area (Å²) in [5.41, 5.74) is 0. The van der Waals surface area contributed by atoms with E-state index in [4.69, 9.17) is 0 Å². The lowest BCUT2D eigenvalue weighted by Crippen LogP contribution is -2.37. The fraction of sp³-hybridized carbons (Fsp3) is 0.917. The molecule has 0 aromatic heterocycles. The van der Waals surface area contributed by atoms with E-state index in [0.29, 0.717) is 18.4 Å². The van der Waals surface area contributed by atoms with Crippen LogP contribution >= 0.6 is 0 Å². The van der Waals surface area contributed by atoms with Crippen molar-refractivity contribution in [2.75, 3.05) is 27.2 Å². The number of hydrogen-bond donors (Lipinski definition) is 0. The monoisotopic (exact) mass is 214 g/mol. The first-order valence-electron chi connectivity index (χ1n) is 5.88. The molecule has 0 aromatic rings. The summed E-state index contributed by atoms with van der Waals surface area (Å²) in [4.78, 5) is 15.9. The van der Waals surface area contributed by atoms with Gasteiger partial charge in [-0.25, -0.2) is 0 Å². The van der Waals surface area contributed by atoms with E-state index in [0.717, 1.165) is 13.1 Å². The Morgan fingerprint density at radius 3 is 1.93 bits per heavy atom. The van der Waals surface area contributed by atoms with Gasteiger partial charge in [0.05, 0.1) is 0 Å². The van der Waals surface area contributed by atoms with Crippen LogP contribution in [0.2, 0.25) is 0 Å². The highest BCUT2D eigenvalue weighted by Crippen LogP contribution is 2.13. The second kappa shape index (κ2) is 6.83. The summed E-state index contributed by atoms with van der Waals surface area (Å²) in [6.45, 7) is 10.0. The predicted octanol–water partition coefficient (Wildman–Crippen LogP) is 1.83. The molecule has 0 bridgehead atoms. The summed E-state index contributed by atoms with van der Waals surface area (Å²) in [5, 5.41) is 0. The molecular weight excluding hydrogens is 188 g/mol. The van der Waals surface area contributed by atoms with Crippen molar-refractivity contribution in [2.45, 2.75) is 40.2 Å². The van der Waals surface area contributed by atoms with Crippen LogP contribution in [0.3, 0.4) is 0 Å². The molecule has 15 heavy (non-hydrogen) atoms. The fourth-order valence-corrected chi connectivity index (χ4v) is 1.66. The second-order valence-electron chi connectivity index (χ2n) is 4.45. The van der Waals surface area contributed by atoms with E-state index in [1.807, 2.05) is 18.7 Å². The van der Waals surface area contributed by atoms with Crippen molar-refractivity contribution in [2.24, 2.45) is 5.92 Å². The minimum atomic E-state index is 0.279. The largest absolute Gasteiger partial charge is 0.343 e. The quantitative estimate of drug-likeness (QED) is 0.673. The van der Waals surface area contributed by atoms with Crippen LogP contribution in [0.25, 0.3) is 0 Å². The van der Waals surface area contributed by atoms with E-state index in [-0.39, 0.29) is 5.91 Å². The predicted molar refractivity (Wildman–Crippen MR) is 64.9 cm³/mol. The Labute approximate surface area is 94.4 Å². The van der Waals surface area contributed by atoms with E-state index in [1.54, 1.807) is 0 Å². The topological polar surface area (TPSA) is 23.6 Å². The van der Waals surface area contributed by atoms with Gasteiger partial charge in [0.15, 0.2) is 0 Å². The third-order valence-electron chi connectivity index (χ3n) is 3.25. The molecule has 0 radical (unpaired) electrons. The molecule has 1 amide bonds. The molecule has 0 aromatic carbocycles. The van der Waals surface area contributed by atoms with Crippen molar-refractivity contribution < 1.29 is 4.79 Å². The van der Waals surface area contributed by atoms with Gasteiger partial charge in [-0.1, -0.05) is 6.92 Å². The third-order valence-corrected chi connectivity index (χ3v) is 3.25. The Kier molecular flexibility index (Phi) is 6.57. The van der Waals surface area contributed by atoms with Gasteiger partial charge in [-0.05, 0) is 40.8 Å². The van der Waals surface area contributed by atoms with Gasteiger partial charge in [0, 0.05) is 25.6 Å². The molecule has 0 saturated heterocycles. The Morgan fingerprint density at radius 1 is 1.13 bits per heavy atom. The van der Waals surface area contributed by atoms with E-state index >= 15 is 0 Å². The van der Waals surface area contributed by atoms with E-state index < -0.39 is 0 Å². The number of rotatable bonds is 6. The zero-order valence-electron chi connectivity index (χ0n) is 11.1. The zero-order chi connectivity index (χ0) is 12.0. The summed E-state index contributed by atoms with van der Waals surface area (Å²) >= 11 is 0. The Hall–Kier alpha value is -0.570. The highest BCUT2D eigenvalue weighted by molar-refractivity contribution is 5.76. The van der Waals surface area contributed by atoms with Crippen LogP contribution in [0.4, 0.5) is 0 Å². The molecule has 0 rings (SSSR count). The minimum Gasteiger partial charge on any atom is -0.343 e. The number of nitrogens with zero attached hydrogens (tertiary/aromatic N) is 2. The Bertz CT molecular complexity index is 188. The molecule has 3 nitrogen and oxygen atoms in total. The van der Waals surface area contributed by atoms with Crippen molar-refractivity contribution in [3.63, 3.8) is 0 Å². The number of hydrogen-bond acceptors (Lipinski definition) is 2. The van der Waals surface area contributed by atoms with E-state index in [9.17, 15) is 4.79 Å². The highest BCUT2D eigenvalue weighted by atomic mass is 16.2. The van der Waals surface area contributed by atoms with Crippen LogP contribution in [-0.2, 0) is 4.79 Å². The van der Waals surface area contributed by atoms with Gasteiger partial charge in [-0.15, -0.1) is 0 Å². The minimum absolute atomic E-state index is 0.279. The highest BCUT2D eigenvalue weighted by Gasteiger charge is 2.19. The summed E-state index contributed by atoms with van der Waals surface area (Å²) in [6.07, 6.45) is 0.654. The van der Waals surface area contributed by atoms with Crippen molar-refractivity contribution >= 4 is 5.91 Å². The standard InChI is InChI=1S/C12H26N2O/c1-7-14(8-2)12(15)9-10(3)11(4)13(5)6/h10-11H,7-9H2,1-6H3. The van der Waals surface area contributed by atoms with Gasteiger partial charge in [0.2, 0.25) is 5.91 Å². The average Bonchev–Trinajstić information content (AvgIpc) is 2.18. The first-order valence-corrected chi connectivity index (χ1v) is 5.88. The zero-order valence-corrected chi connectivity index (χ0v) is 11.1. The van der Waals surface area contributed by atoms with Crippen LogP contribution in [0.5, 0.6) is 0 Å². The molecule has 0 aliphatic rings. The summed E-state index contributed by atoms with van der Waals surface area (Å²) in [7, 11) is 4.12. The number of carbonyl (C=O) groups is 1. The van der Waals surface area contributed by atoms with Gasteiger partial charge in [0.1, 0.15) is 0 Å². The van der Waals surface area contributed by atoms with Crippen LogP contribution in [-0.4, -0.2) is 48.9 Å². The van der Waals surface area contributed by atoms with E-state index in [1.165, 1.54) is 0 Å². The number of carbonyl (C=O) groups excluding carboxylic acids is 1. The van der Waals surface area contributed by atoms with Gasteiger partial charge >= 0.3 is 0 Å². The molecule has 2 atom stereocenters. The maximum atomic E-state index is 11.9. The maximum absolute atomic E-state index is 11.9. The molecule has 0 aliphatic carbocycles. The smallest absolute Gasteiger partial charge is 0.222 e. The fourth-order valence-electron chi connectivity index (χ4n) is 1.66. The van der Waals surface area contributed by atoms with Crippen molar-refractivity contribution in [3.05, 3.63) is 0 Å². The summed E-state index contributed by atoms with van der Waals surface area (Å²) in [5.74, 6) is 0.689. The van der Waals surface area contributed by atoms with Crippen molar-refractivity contribution in [3.8, 4) is 0 Å². The van der Waals surface area contributed by atoms with Crippen LogP contribution in [0.15, 0.2) is 0 Å². The molecule has 90 valence electrons. The molecule has 2 unspecified atom stereocenters. The van der Waals surface area contributed by atoms with Crippen molar-refractivity contribution in [1.29, 1.82) is 0 Å². The van der Waals surface area contributed by atoms with Gasteiger partial charge < -0.3 is 9.80 Å². The lowest BCUT2D eigenvalue weighted by molar-refractivity contribution is -0.132. The first kappa shape index (κ1) is 14.4. The Morgan fingerprint density at radius 2 is 1.60 bits per heavy atom. The number of amides is 1. The van der Waals surface area contributed by atoms with Gasteiger partial charge in [-0.2, -0.15) is 0 Å². The van der Waals surface area contributed by atoms with Crippen molar-refractivity contribution in [1.82, 2.24) is 9.80 Å². The lowest BCUT2D eigenvalue weighted by Gasteiger charge is -2.28.